The van der Waals surface area contributed by atoms with Crippen molar-refractivity contribution < 1.29 is 17.9 Å². The van der Waals surface area contributed by atoms with Gasteiger partial charge in [-0.25, -0.2) is 12.7 Å². The van der Waals surface area contributed by atoms with Crippen LogP contribution in [0.2, 0.25) is 5.02 Å². The highest BCUT2D eigenvalue weighted by Crippen LogP contribution is 2.35. The molecule has 1 amide bonds. The smallest absolute Gasteiger partial charge is 0.251 e. The molecule has 1 fully saturated rings. The number of carbonyl (C=O) groups excluding carboxylic acids is 1. The van der Waals surface area contributed by atoms with Crippen molar-refractivity contribution >= 4 is 27.5 Å². The molecule has 0 unspecified atom stereocenters. The van der Waals surface area contributed by atoms with Crippen LogP contribution in [0.4, 0.5) is 0 Å². The maximum Gasteiger partial charge on any atom is 0.251 e. The number of sulfonamides is 1. The highest BCUT2D eigenvalue weighted by atomic mass is 35.5. The normalized spacial score (nSPS) is 16.6. The Labute approximate surface area is 176 Å². The molecule has 2 aromatic rings. The first-order valence-corrected chi connectivity index (χ1v) is 11.2. The molecular weight excluding hydrogens is 412 g/mol. The molecule has 0 radical (unpaired) electrons. The van der Waals surface area contributed by atoms with Crippen LogP contribution in [0.15, 0.2) is 53.4 Å². The summed E-state index contributed by atoms with van der Waals surface area (Å²) < 4.78 is 31.3. The number of nitrogens with zero attached hydrogens (tertiary/aromatic N) is 1. The van der Waals surface area contributed by atoms with Gasteiger partial charge in [-0.05, 0) is 48.7 Å². The van der Waals surface area contributed by atoms with E-state index in [0.717, 1.165) is 22.7 Å². The summed E-state index contributed by atoms with van der Waals surface area (Å²) in [6.45, 7) is 1.64. The average molecular weight is 437 g/mol. The van der Waals surface area contributed by atoms with Crippen LogP contribution in [0.1, 0.15) is 28.8 Å². The lowest BCUT2D eigenvalue weighted by molar-refractivity contribution is 0.0487. The van der Waals surface area contributed by atoms with E-state index in [9.17, 15) is 13.2 Å². The van der Waals surface area contributed by atoms with E-state index in [0.29, 0.717) is 30.3 Å². The third kappa shape index (κ3) is 4.80. The summed E-state index contributed by atoms with van der Waals surface area (Å²) in [6, 6.07) is 13.8. The van der Waals surface area contributed by atoms with Crippen molar-refractivity contribution in [2.24, 2.45) is 0 Å². The standard InChI is InChI=1S/C21H25ClN2O4S/c1-24(2)29(26,27)19-8-3-5-16(13-19)20(25)23-15-21(9-11-28-12-10-21)17-6-4-7-18(22)14-17/h3-8,13-14H,9-12,15H2,1-2H3,(H,23,25). The molecule has 8 heteroatoms. The summed E-state index contributed by atoms with van der Waals surface area (Å²) in [7, 11) is -0.685. The van der Waals surface area contributed by atoms with Gasteiger partial charge in [0.15, 0.2) is 0 Å². The highest BCUT2D eigenvalue weighted by molar-refractivity contribution is 7.89. The van der Waals surface area contributed by atoms with E-state index in [4.69, 9.17) is 16.3 Å². The van der Waals surface area contributed by atoms with E-state index in [1.165, 1.54) is 26.2 Å². The van der Waals surface area contributed by atoms with Gasteiger partial charge in [-0.1, -0.05) is 29.8 Å². The number of nitrogens with one attached hydrogen (secondary N) is 1. The van der Waals surface area contributed by atoms with Gasteiger partial charge in [0.2, 0.25) is 10.0 Å². The van der Waals surface area contributed by atoms with Gasteiger partial charge in [0.25, 0.3) is 5.91 Å². The van der Waals surface area contributed by atoms with Crippen molar-refractivity contribution in [3.05, 3.63) is 64.7 Å². The molecule has 0 aliphatic carbocycles. The van der Waals surface area contributed by atoms with Crippen molar-refractivity contribution in [1.29, 1.82) is 0 Å². The van der Waals surface area contributed by atoms with Gasteiger partial charge in [-0.3, -0.25) is 4.79 Å². The molecule has 1 saturated heterocycles. The van der Waals surface area contributed by atoms with Crippen LogP contribution in [0, 0.1) is 0 Å². The van der Waals surface area contributed by atoms with Gasteiger partial charge in [0.1, 0.15) is 0 Å². The first kappa shape index (κ1) is 21.8. The Balaban J connectivity index is 1.81. The van der Waals surface area contributed by atoms with E-state index in [1.807, 2.05) is 24.3 Å². The first-order chi connectivity index (χ1) is 13.7. The monoisotopic (exact) mass is 436 g/mol. The molecule has 0 aromatic heterocycles. The minimum Gasteiger partial charge on any atom is -0.381 e. The summed E-state index contributed by atoms with van der Waals surface area (Å²) in [5.41, 5.74) is 1.10. The predicted molar refractivity (Wildman–Crippen MR) is 113 cm³/mol. The third-order valence-electron chi connectivity index (χ3n) is 5.35. The lowest BCUT2D eigenvalue weighted by Gasteiger charge is -2.38. The molecule has 3 rings (SSSR count). The number of benzene rings is 2. The maximum atomic E-state index is 12.8. The number of ether oxygens (including phenoxy) is 1. The summed E-state index contributed by atoms with van der Waals surface area (Å²) in [5.74, 6) is -0.311. The van der Waals surface area contributed by atoms with Crippen LogP contribution in [-0.4, -0.2) is 52.5 Å². The van der Waals surface area contributed by atoms with Crippen LogP contribution in [0.3, 0.4) is 0 Å². The van der Waals surface area contributed by atoms with Crippen molar-refractivity contribution in [1.82, 2.24) is 9.62 Å². The van der Waals surface area contributed by atoms with E-state index in [-0.39, 0.29) is 16.2 Å². The molecule has 0 spiro atoms. The van der Waals surface area contributed by atoms with Gasteiger partial charge in [0.05, 0.1) is 4.90 Å². The van der Waals surface area contributed by atoms with Crippen molar-refractivity contribution in [2.45, 2.75) is 23.2 Å². The Kier molecular flexibility index (Phi) is 6.63. The van der Waals surface area contributed by atoms with E-state index in [1.54, 1.807) is 12.1 Å². The van der Waals surface area contributed by atoms with Gasteiger partial charge in [-0.15, -0.1) is 0 Å². The number of amides is 1. The Morgan fingerprint density at radius 1 is 1.14 bits per heavy atom. The largest absolute Gasteiger partial charge is 0.381 e. The molecule has 29 heavy (non-hydrogen) atoms. The molecule has 0 atom stereocenters. The van der Waals surface area contributed by atoms with E-state index >= 15 is 0 Å². The molecule has 1 aliphatic rings. The van der Waals surface area contributed by atoms with Crippen LogP contribution in [-0.2, 0) is 20.2 Å². The second-order valence-electron chi connectivity index (χ2n) is 7.40. The Morgan fingerprint density at radius 3 is 2.48 bits per heavy atom. The molecule has 6 nitrogen and oxygen atoms in total. The third-order valence-corrected chi connectivity index (χ3v) is 7.40. The zero-order chi connectivity index (χ0) is 21.1. The lowest BCUT2D eigenvalue weighted by atomic mass is 9.74. The second-order valence-corrected chi connectivity index (χ2v) is 9.99. The van der Waals surface area contributed by atoms with Crippen molar-refractivity contribution in [3.63, 3.8) is 0 Å². The van der Waals surface area contributed by atoms with Crippen LogP contribution >= 0.6 is 11.6 Å². The van der Waals surface area contributed by atoms with Crippen LogP contribution < -0.4 is 5.32 Å². The maximum absolute atomic E-state index is 12.8. The number of hydrogen-bond acceptors (Lipinski definition) is 4. The minimum absolute atomic E-state index is 0.0887. The number of carbonyl (C=O) groups is 1. The van der Waals surface area contributed by atoms with E-state index in [2.05, 4.69) is 5.32 Å². The van der Waals surface area contributed by atoms with Crippen molar-refractivity contribution in [3.8, 4) is 0 Å². The quantitative estimate of drug-likeness (QED) is 0.755. The fourth-order valence-corrected chi connectivity index (χ4v) is 4.65. The Morgan fingerprint density at radius 2 is 1.83 bits per heavy atom. The minimum atomic E-state index is -3.61. The van der Waals surface area contributed by atoms with Crippen molar-refractivity contribution in [2.75, 3.05) is 33.9 Å². The highest BCUT2D eigenvalue weighted by Gasteiger charge is 2.35. The molecule has 1 aliphatic heterocycles. The molecule has 1 N–H and O–H groups in total. The van der Waals surface area contributed by atoms with Gasteiger partial charge in [-0.2, -0.15) is 0 Å². The topological polar surface area (TPSA) is 75.7 Å². The average Bonchev–Trinajstić information content (AvgIpc) is 2.72. The summed E-state index contributed by atoms with van der Waals surface area (Å²) in [6.07, 6.45) is 1.53. The van der Waals surface area contributed by atoms with Gasteiger partial charge < -0.3 is 10.1 Å². The zero-order valence-corrected chi connectivity index (χ0v) is 18.1. The number of rotatable bonds is 6. The molecule has 1 heterocycles. The molecule has 2 aromatic carbocycles. The SMILES string of the molecule is CN(C)S(=O)(=O)c1cccc(C(=O)NCC2(c3cccc(Cl)c3)CCOCC2)c1. The lowest BCUT2D eigenvalue weighted by Crippen LogP contribution is -2.44. The second kappa shape index (κ2) is 8.83. The van der Waals surface area contributed by atoms with E-state index < -0.39 is 10.0 Å². The predicted octanol–water partition coefficient (Wildman–Crippen LogP) is 3.07. The van der Waals surface area contributed by atoms with Gasteiger partial charge >= 0.3 is 0 Å². The van der Waals surface area contributed by atoms with Crippen LogP contribution in [0.5, 0.6) is 0 Å². The molecule has 156 valence electrons. The summed E-state index contributed by atoms with van der Waals surface area (Å²) in [5, 5.41) is 3.64. The number of hydrogen-bond donors (Lipinski definition) is 1. The first-order valence-electron chi connectivity index (χ1n) is 9.39. The summed E-state index contributed by atoms with van der Waals surface area (Å²) >= 11 is 6.19. The summed E-state index contributed by atoms with van der Waals surface area (Å²) in [4.78, 5) is 12.9. The Hall–Kier alpha value is -1.93. The molecule has 0 bridgehead atoms. The molecular formula is C21H25ClN2O4S. The number of halogens is 1. The Bertz CT molecular complexity index is 986. The van der Waals surface area contributed by atoms with Crippen LogP contribution in [0.25, 0.3) is 0 Å². The zero-order valence-electron chi connectivity index (χ0n) is 16.5. The fourth-order valence-electron chi connectivity index (χ4n) is 3.51. The van der Waals surface area contributed by atoms with Gasteiger partial charge in [0, 0.05) is 49.9 Å². The fraction of sp³-hybridized carbons (Fsp3) is 0.381. The molecule has 0 saturated carbocycles.